The highest BCUT2D eigenvalue weighted by Crippen LogP contribution is 2.51. The summed E-state index contributed by atoms with van der Waals surface area (Å²) in [5, 5.41) is 0. The zero-order valence-electron chi connectivity index (χ0n) is 9.59. The Morgan fingerprint density at radius 2 is 1.00 bits per heavy atom. The van der Waals surface area contributed by atoms with E-state index in [1.54, 1.807) is 0 Å². The molecule has 0 spiro atoms. The lowest BCUT2D eigenvalue weighted by atomic mass is 10.3. The van der Waals surface area contributed by atoms with Crippen LogP contribution in [-0.2, 0) is 0 Å². The van der Waals surface area contributed by atoms with Gasteiger partial charge in [0.1, 0.15) is 5.75 Å². The molecule has 0 radical (unpaired) electrons. The number of benzene rings is 2. The summed E-state index contributed by atoms with van der Waals surface area (Å²) in [5.74, 6) is 1.35. The predicted molar refractivity (Wildman–Crippen MR) is 115 cm³/mol. The van der Waals surface area contributed by atoms with E-state index < -0.39 is 0 Å². The monoisotopic (exact) mass is 793 g/mol. The summed E-state index contributed by atoms with van der Waals surface area (Å²) in [7, 11) is 0. The van der Waals surface area contributed by atoms with Gasteiger partial charge in [0.2, 0.25) is 0 Å². The molecule has 9 heteroatoms. The van der Waals surface area contributed by atoms with Gasteiger partial charge >= 0.3 is 0 Å². The Morgan fingerprint density at radius 1 is 0.524 bits per heavy atom. The molecule has 21 heavy (non-hydrogen) atoms. The first-order valence-electron chi connectivity index (χ1n) is 5.08. The number of hydrogen-bond acceptors (Lipinski definition) is 1. The molecule has 0 saturated heterocycles. The first-order valence-corrected chi connectivity index (χ1v) is 11.4. The predicted octanol–water partition coefficient (Wildman–Crippen LogP) is 9.58. The lowest BCUT2D eigenvalue weighted by Crippen LogP contribution is -1.92. The van der Waals surface area contributed by atoms with Gasteiger partial charge in [-0.05, 0) is 140 Å². The topological polar surface area (TPSA) is 9.23 Å². The molecule has 1 nitrogen and oxygen atoms in total. The van der Waals surface area contributed by atoms with Crippen molar-refractivity contribution in [2.45, 2.75) is 0 Å². The smallest absolute Gasteiger partial charge is 0.158 e. The van der Waals surface area contributed by atoms with Crippen LogP contribution in [0.15, 0.2) is 47.9 Å². The van der Waals surface area contributed by atoms with Crippen molar-refractivity contribution in [2.24, 2.45) is 0 Å². The summed E-state index contributed by atoms with van der Waals surface area (Å²) in [4.78, 5) is 0. The molecule has 0 N–H and O–H groups in total. The largest absolute Gasteiger partial charge is 0.454 e. The molecule has 0 aromatic heterocycles. The van der Waals surface area contributed by atoms with Gasteiger partial charge in [-0.1, -0.05) is 0 Å². The van der Waals surface area contributed by atoms with Crippen molar-refractivity contribution in [3.05, 3.63) is 47.9 Å². The molecule has 2 aromatic rings. The average molecular weight is 801 g/mol. The van der Waals surface area contributed by atoms with Gasteiger partial charge in [0.25, 0.3) is 0 Å². The van der Waals surface area contributed by atoms with Crippen molar-refractivity contribution >= 4 is 127 Å². The second-order valence-electron chi connectivity index (χ2n) is 3.67. The van der Waals surface area contributed by atoms with Gasteiger partial charge in [-0.3, -0.25) is 0 Å². The Labute approximate surface area is 189 Å². The Kier molecular flexibility index (Phi) is 7.37. The van der Waals surface area contributed by atoms with E-state index in [2.05, 4.69) is 127 Å². The third kappa shape index (κ3) is 4.02. The van der Waals surface area contributed by atoms with Gasteiger partial charge in [0.15, 0.2) is 5.75 Å². The molecule has 0 fully saturated rings. The normalized spacial score (nSPS) is 10.9. The maximum atomic E-state index is 6.05. The Balaban J connectivity index is 2.58. The van der Waals surface area contributed by atoms with Gasteiger partial charge in [-0.15, -0.1) is 0 Å². The van der Waals surface area contributed by atoms with E-state index in [-0.39, 0.29) is 0 Å². The molecule has 0 heterocycles. The van der Waals surface area contributed by atoms with E-state index >= 15 is 0 Å². The van der Waals surface area contributed by atoms with Crippen molar-refractivity contribution in [1.82, 2.24) is 0 Å². The molecule has 0 aliphatic carbocycles. The van der Waals surface area contributed by atoms with Gasteiger partial charge in [-0.2, -0.15) is 0 Å². The molecular weight excluding hydrogens is 799 g/mol. The fourth-order valence-corrected chi connectivity index (χ4v) is 5.89. The fourth-order valence-electron chi connectivity index (χ4n) is 1.37. The molecule has 0 bridgehead atoms. The molecule has 0 atom stereocenters. The van der Waals surface area contributed by atoms with Crippen LogP contribution in [-0.4, -0.2) is 0 Å². The molecule has 0 amide bonds. The summed E-state index contributed by atoms with van der Waals surface area (Å²) in [5.41, 5.74) is 0. The minimum absolute atomic E-state index is 0.659. The van der Waals surface area contributed by atoms with Crippen LogP contribution in [0.3, 0.4) is 0 Å². The quantitative estimate of drug-likeness (QED) is 0.217. The molecule has 0 unspecified atom stereocenters. The first-order chi connectivity index (χ1) is 9.75. The van der Waals surface area contributed by atoms with Crippen molar-refractivity contribution in [3.63, 3.8) is 0 Å². The highest BCUT2D eigenvalue weighted by molar-refractivity contribution is 9.16. The van der Waals surface area contributed by atoms with E-state index in [1.165, 1.54) is 0 Å². The van der Waals surface area contributed by atoms with Gasteiger partial charge in [0, 0.05) is 13.4 Å². The van der Waals surface area contributed by atoms with Gasteiger partial charge in [0.05, 0.1) is 22.4 Å². The van der Waals surface area contributed by atoms with Crippen LogP contribution >= 0.6 is 127 Å². The molecule has 2 rings (SSSR count). The lowest BCUT2D eigenvalue weighted by molar-refractivity contribution is 0.472. The maximum Gasteiger partial charge on any atom is 0.158 e. The number of halogens is 8. The number of ether oxygens (including phenoxy) is 1. The fraction of sp³-hybridized carbons (Fsp3) is 0. The van der Waals surface area contributed by atoms with E-state index in [1.807, 2.05) is 12.1 Å². The van der Waals surface area contributed by atoms with Crippen molar-refractivity contribution < 1.29 is 4.74 Å². The third-order valence-electron chi connectivity index (χ3n) is 2.38. The van der Waals surface area contributed by atoms with Crippen LogP contribution in [0.25, 0.3) is 0 Å². The minimum Gasteiger partial charge on any atom is -0.454 e. The molecule has 0 aliphatic heterocycles. The van der Waals surface area contributed by atoms with Crippen LogP contribution in [0, 0.1) is 0 Å². The van der Waals surface area contributed by atoms with Crippen LogP contribution in [0.1, 0.15) is 0 Å². The first kappa shape index (κ1) is 19.4. The SMILES string of the molecule is Brc1ccc(Oc2c(Br)c(Br)c(Br)c(Br)c2Br)c(Br)c1Br. The summed E-state index contributed by atoms with van der Waals surface area (Å²) >= 11 is 28.1. The zero-order chi connectivity index (χ0) is 15.9. The Bertz CT molecular complexity index is 699. The van der Waals surface area contributed by atoms with Gasteiger partial charge in [-0.25, -0.2) is 0 Å². The highest BCUT2D eigenvalue weighted by Gasteiger charge is 2.20. The second kappa shape index (κ2) is 7.97. The van der Waals surface area contributed by atoms with Crippen molar-refractivity contribution in [1.29, 1.82) is 0 Å². The average Bonchev–Trinajstić information content (AvgIpc) is 2.47. The van der Waals surface area contributed by atoms with Crippen molar-refractivity contribution in [2.75, 3.05) is 0 Å². The highest BCUT2D eigenvalue weighted by atomic mass is 79.9. The molecule has 2 aromatic carbocycles. The van der Waals surface area contributed by atoms with Gasteiger partial charge < -0.3 is 4.74 Å². The zero-order valence-corrected chi connectivity index (χ0v) is 22.3. The number of rotatable bonds is 2. The maximum absolute atomic E-state index is 6.05. The third-order valence-corrected chi connectivity index (χ3v) is 11.7. The molecule has 0 aliphatic rings. The van der Waals surface area contributed by atoms with E-state index in [0.717, 1.165) is 35.8 Å². The summed E-state index contributed by atoms with van der Waals surface area (Å²) in [6, 6.07) is 3.79. The molecule has 0 saturated carbocycles. The number of hydrogen-bond donors (Lipinski definition) is 0. The summed E-state index contributed by atoms with van der Waals surface area (Å²) in [6.07, 6.45) is 0. The Hall–Kier alpha value is 2.08. The lowest BCUT2D eigenvalue weighted by Gasteiger charge is -2.16. The Morgan fingerprint density at radius 3 is 1.52 bits per heavy atom. The van der Waals surface area contributed by atoms with Crippen LogP contribution in [0.5, 0.6) is 11.5 Å². The second-order valence-corrected chi connectivity index (χ2v) is 10.1. The van der Waals surface area contributed by atoms with Crippen molar-refractivity contribution in [3.8, 4) is 11.5 Å². The summed E-state index contributed by atoms with van der Waals surface area (Å²) in [6.45, 7) is 0. The van der Waals surface area contributed by atoms with Crippen LogP contribution in [0.2, 0.25) is 0 Å². The summed E-state index contributed by atoms with van der Waals surface area (Å²) < 4.78 is 12.9. The minimum atomic E-state index is 0.659. The standard InChI is InChI=1S/C12H2Br8O/c13-3-1-2-4(6(15)5(3)14)21-12-10(19)8(17)7(16)9(18)11(12)20/h1-2H. The van der Waals surface area contributed by atoms with Crippen LogP contribution < -0.4 is 4.74 Å². The van der Waals surface area contributed by atoms with E-state index in [9.17, 15) is 0 Å². The molecule has 112 valence electrons. The van der Waals surface area contributed by atoms with Crippen LogP contribution in [0.4, 0.5) is 0 Å². The van der Waals surface area contributed by atoms with E-state index in [0.29, 0.717) is 11.5 Å². The molecular formula is C12H2Br8O. The van der Waals surface area contributed by atoms with E-state index in [4.69, 9.17) is 4.74 Å².